The largest absolute Gasteiger partial charge is 0.301 e. The molecule has 1 aromatic rings. The zero-order valence-electron chi connectivity index (χ0n) is 10.8. The van der Waals surface area contributed by atoms with Gasteiger partial charge in [-0.25, -0.2) is 0 Å². The molecule has 16 heavy (non-hydrogen) atoms. The summed E-state index contributed by atoms with van der Waals surface area (Å²) in [4.78, 5) is 3.51. The minimum atomic E-state index is 0.290. The van der Waals surface area contributed by atoms with E-state index in [9.17, 15) is 0 Å². The Hall–Kier alpha value is -0.510. The molecule has 1 atom stereocenters. The van der Waals surface area contributed by atoms with Crippen molar-refractivity contribution < 1.29 is 0 Å². The number of benzene rings is 1. The van der Waals surface area contributed by atoms with Crippen LogP contribution in [-0.4, -0.2) is 31.3 Å². The quantitative estimate of drug-likeness (QED) is 0.627. The van der Waals surface area contributed by atoms with E-state index >= 15 is 0 Å². The minimum absolute atomic E-state index is 0.290. The summed E-state index contributed by atoms with van der Waals surface area (Å²) in [6, 6.07) is 8.80. The zero-order valence-corrected chi connectivity index (χ0v) is 11.6. The average molecular weight is 238 g/mol. The SMILES string of the molecule is CNC(c1ccc(SC(C)C)cc1)N(C)C. The highest BCUT2D eigenvalue weighted by Crippen LogP contribution is 2.24. The maximum Gasteiger partial charge on any atom is 0.0853 e. The normalized spacial score (nSPS) is 13.4. The summed E-state index contributed by atoms with van der Waals surface area (Å²) in [5.41, 5.74) is 1.31. The van der Waals surface area contributed by atoms with Gasteiger partial charge in [-0.3, -0.25) is 4.90 Å². The fourth-order valence-electron chi connectivity index (χ4n) is 1.72. The summed E-state index contributed by atoms with van der Waals surface area (Å²) >= 11 is 1.90. The van der Waals surface area contributed by atoms with E-state index in [1.807, 2.05) is 18.8 Å². The first-order valence-corrected chi connectivity index (χ1v) is 6.53. The number of rotatable bonds is 5. The van der Waals surface area contributed by atoms with Gasteiger partial charge in [0.1, 0.15) is 0 Å². The highest BCUT2D eigenvalue weighted by Gasteiger charge is 2.10. The van der Waals surface area contributed by atoms with Gasteiger partial charge in [-0.2, -0.15) is 0 Å². The van der Waals surface area contributed by atoms with Crippen LogP contribution in [0.25, 0.3) is 0 Å². The van der Waals surface area contributed by atoms with Crippen molar-refractivity contribution in [3.05, 3.63) is 29.8 Å². The number of hydrogen-bond donors (Lipinski definition) is 1. The van der Waals surface area contributed by atoms with Gasteiger partial charge in [0.2, 0.25) is 0 Å². The van der Waals surface area contributed by atoms with Crippen LogP contribution in [-0.2, 0) is 0 Å². The Kier molecular flexibility index (Phi) is 5.32. The summed E-state index contributed by atoms with van der Waals surface area (Å²) in [7, 11) is 6.15. The van der Waals surface area contributed by atoms with Crippen LogP contribution >= 0.6 is 11.8 Å². The molecule has 0 aliphatic rings. The van der Waals surface area contributed by atoms with E-state index < -0.39 is 0 Å². The Morgan fingerprint density at radius 3 is 2.06 bits per heavy atom. The van der Waals surface area contributed by atoms with Crippen molar-refractivity contribution in [1.82, 2.24) is 10.2 Å². The van der Waals surface area contributed by atoms with Crippen molar-refractivity contribution in [1.29, 1.82) is 0 Å². The third-order valence-corrected chi connectivity index (χ3v) is 3.37. The van der Waals surface area contributed by atoms with Crippen LogP contribution in [0.3, 0.4) is 0 Å². The van der Waals surface area contributed by atoms with E-state index in [0.29, 0.717) is 5.25 Å². The number of nitrogens with one attached hydrogen (secondary N) is 1. The van der Waals surface area contributed by atoms with E-state index in [1.165, 1.54) is 10.5 Å². The molecule has 1 unspecified atom stereocenters. The molecule has 0 aliphatic heterocycles. The van der Waals surface area contributed by atoms with Gasteiger partial charge in [-0.05, 0) is 38.8 Å². The van der Waals surface area contributed by atoms with Crippen LogP contribution in [0.5, 0.6) is 0 Å². The molecule has 0 saturated heterocycles. The molecule has 0 heterocycles. The first kappa shape index (κ1) is 13.6. The van der Waals surface area contributed by atoms with Crippen LogP contribution in [0.1, 0.15) is 25.6 Å². The molecule has 2 nitrogen and oxygen atoms in total. The van der Waals surface area contributed by atoms with Crippen LogP contribution in [0.2, 0.25) is 0 Å². The Bertz CT molecular complexity index is 306. The van der Waals surface area contributed by atoms with E-state index in [4.69, 9.17) is 0 Å². The Morgan fingerprint density at radius 1 is 1.12 bits per heavy atom. The fourth-order valence-corrected chi connectivity index (χ4v) is 2.56. The number of thioether (sulfide) groups is 1. The molecule has 0 fully saturated rings. The van der Waals surface area contributed by atoms with Crippen molar-refractivity contribution in [3.63, 3.8) is 0 Å². The Morgan fingerprint density at radius 2 is 1.69 bits per heavy atom. The second kappa shape index (κ2) is 6.28. The van der Waals surface area contributed by atoms with Crippen molar-refractivity contribution >= 4 is 11.8 Å². The summed E-state index contributed by atoms with van der Waals surface area (Å²) in [6.07, 6.45) is 0.290. The van der Waals surface area contributed by atoms with Gasteiger partial charge in [-0.1, -0.05) is 26.0 Å². The monoisotopic (exact) mass is 238 g/mol. The molecule has 0 saturated carbocycles. The van der Waals surface area contributed by atoms with E-state index in [2.05, 4.69) is 62.4 Å². The highest BCUT2D eigenvalue weighted by molar-refractivity contribution is 7.99. The van der Waals surface area contributed by atoms with E-state index in [1.54, 1.807) is 0 Å². The average Bonchev–Trinajstić information content (AvgIpc) is 2.20. The second-order valence-electron chi connectivity index (χ2n) is 4.39. The van der Waals surface area contributed by atoms with Crippen molar-refractivity contribution in [2.24, 2.45) is 0 Å². The predicted octanol–water partition coefficient (Wildman–Crippen LogP) is 2.97. The van der Waals surface area contributed by atoms with Gasteiger partial charge >= 0.3 is 0 Å². The van der Waals surface area contributed by atoms with E-state index in [0.717, 1.165) is 0 Å². The third-order valence-electron chi connectivity index (χ3n) is 2.36. The van der Waals surface area contributed by atoms with Gasteiger partial charge in [-0.15, -0.1) is 11.8 Å². The Labute approximate surface area is 103 Å². The van der Waals surface area contributed by atoms with E-state index in [-0.39, 0.29) is 6.17 Å². The molecule has 1 N–H and O–H groups in total. The first-order chi connectivity index (χ1) is 7.54. The van der Waals surface area contributed by atoms with Crippen LogP contribution in [0, 0.1) is 0 Å². The van der Waals surface area contributed by atoms with Crippen molar-refractivity contribution in [3.8, 4) is 0 Å². The minimum Gasteiger partial charge on any atom is -0.301 e. The topological polar surface area (TPSA) is 15.3 Å². The number of hydrogen-bond acceptors (Lipinski definition) is 3. The third kappa shape index (κ3) is 3.81. The molecule has 3 heteroatoms. The van der Waals surface area contributed by atoms with Crippen molar-refractivity contribution in [2.45, 2.75) is 30.2 Å². The summed E-state index contributed by atoms with van der Waals surface area (Å²) in [5, 5.41) is 3.94. The number of nitrogens with zero attached hydrogens (tertiary/aromatic N) is 1. The van der Waals surface area contributed by atoms with Crippen LogP contribution in [0.4, 0.5) is 0 Å². The molecular weight excluding hydrogens is 216 g/mol. The molecule has 0 aromatic heterocycles. The van der Waals surface area contributed by atoms with Gasteiger partial charge in [0, 0.05) is 10.1 Å². The van der Waals surface area contributed by atoms with Gasteiger partial charge in [0.25, 0.3) is 0 Å². The summed E-state index contributed by atoms with van der Waals surface area (Å²) in [5.74, 6) is 0. The Balaban J connectivity index is 2.77. The molecule has 90 valence electrons. The summed E-state index contributed by atoms with van der Waals surface area (Å²) < 4.78 is 0. The lowest BCUT2D eigenvalue weighted by atomic mass is 10.1. The standard InChI is InChI=1S/C13H22N2S/c1-10(2)16-12-8-6-11(7-9-12)13(14-3)15(4)5/h6-10,13-14H,1-5H3. The second-order valence-corrected chi connectivity index (χ2v) is 6.04. The van der Waals surface area contributed by atoms with Gasteiger partial charge < -0.3 is 5.32 Å². The molecule has 1 rings (SSSR count). The maximum atomic E-state index is 3.30. The lowest BCUT2D eigenvalue weighted by Crippen LogP contribution is -2.30. The van der Waals surface area contributed by atoms with Gasteiger partial charge in [0.05, 0.1) is 6.17 Å². The van der Waals surface area contributed by atoms with Crippen LogP contribution < -0.4 is 5.32 Å². The zero-order chi connectivity index (χ0) is 12.1. The fraction of sp³-hybridized carbons (Fsp3) is 0.538. The molecule has 0 spiro atoms. The maximum absolute atomic E-state index is 3.30. The van der Waals surface area contributed by atoms with Gasteiger partial charge in [0.15, 0.2) is 0 Å². The molecule has 0 radical (unpaired) electrons. The highest BCUT2D eigenvalue weighted by atomic mass is 32.2. The lowest BCUT2D eigenvalue weighted by Gasteiger charge is -2.24. The molecule has 1 aromatic carbocycles. The van der Waals surface area contributed by atoms with Crippen LogP contribution in [0.15, 0.2) is 29.2 Å². The first-order valence-electron chi connectivity index (χ1n) is 5.65. The predicted molar refractivity (Wildman–Crippen MR) is 72.9 cm³/mol. The smallest absolute Gasteiger partial charge is 0.0853 e. The molecular formula is C13H22N2S. The summed E-state index contributed by atoms with van der Waals surface area (Å²) in [6.45, 7) is 4.43. The molecule has 0 amide bonds. The molecule has 0 bridgehead atoms. The molecule has 0 aliphatic carbocycles. The van der Waals surface area contributed by atoms with Crippen molar-refractivity contribution in [2.75, 3.05) is 21.1 Å². The lowest BCUT2D eigenvalue weighted by molar-refractivity contribution is 0.264.